The van der Waals surface area contributed by atoms with Gasteiger partial charge in [-0.25, -0.2) is 4.98 Å². The zero-order chi connectivity index (χ0) is 13.8. The van der Waals surface area contributed by atoms with E-state index in [0.717, 1.165) is 0 Å². The second kappa shape index (κ2) is 5.45. The molecule has 0 unspecified atom stereocenters. The first-order valence-corrected chi connectivity index (χ1v) is 5.59. The Morgan fingerprint density at radius 2 is 2.16 bits per heavy atom. The summed E-state index contributed by atoms with van der Waals surface area (Å²) < 4.78 is 5.42. The fraction of sp³-hybridized carbons (Fsp3) is 0.154. The van der Waals surface area contributed by atoms with E-state index in [2.05, 4.69) is 4.98 Å². The van der Waals surface area contributed by atoms with E-state index >= 15 is 0 Å². The fourth-order valence-corrected chi connectivity index (χ4v) is 1.63. The SMILES string of the molecule is Cc1cccc(Oc2ccc(CO)cn2)c1[N+](=O)[O-]. The molecule has 98 valence electrons. The van der Waals surface area contributed by atoms with Crippen molar-refractivity contribution in [2.45, 2.75) is 13.5 Å². The highest BCUT2D eigenvalue weighted by Crippen LogP contribution is 2.33. The largest absolute Gasteiger partial charge is 0.432 e. The Balaban J connectivity index is 2.32. The Morgan fingerprint density at radius 3 is 2.74 bits per heavy atom. The number of aryl methyl sites for hydroxylation is 1. The summed E-state index contributed by atoms with van der Waals surface area (Å²) in [6.45, 7) is 1.53. The third-order valence-electron chi connectivity index (χ3n) is 2.58. The molecule has 0 amide bonds. The summed E-state index contributed by atoms with van der Waals surface area (Å²) in [5.41, 5.74) is 1.09. The molecule has 6 nitrogen and oxygen atoms in total. The number of nitro groups is 1. The maximum Gasteiger partial charge on any atom is 0.314 e. The minimum atomic E-state index is -0.479. The van der Waals surface area contributed by atoms with Gasteiger partial charge >= 0.3 is 5.69 Å². The number of benzene rings is 1. The van der Waals surface area contributed by atoms with Gasteiger partial charge in [0.15, 0.2) is 0 Å². The third kappa shape index (κ3) is 2.86. The lowest BCUT2D eigenvalue weighted by Gasteiger charge is -2.07. The van der Waals surface area contributed by atoms with Crippen molar-refractivity contribution >= 4 is 5.69 Å². The molecule has 2 rings (SSSR count). The van der Waals surface area contributed by atoms with Crippen LogP contribution in [0.25, 0.3) is 0 Å². The van der Waals surface area contributed by atoms with Crippen molar-refractivity contribution in [2.75, 3.05) is 0 Å². The molecule has 1 aromatic heterocycles. The average Bonchev–Trinajstić information content (AvgIpc) is 2.39. The van der Waals surface area contributed by atoms with Gasteiger partial charge in [-0.1, -0.05) is 12.1 Å². The van der Waals surface area contributed by atoms with Gasteiger partial charge in [0.05, 0.1) is 11.5 Å². The highest BCUT2D eigenvalue weighted by molar-refractivity contribution is 5.53. The molecule has 0 aliphatic heterocycles. The van der Waals surface area contributed by atoms with Crippen LogP contribution in [0.3, 0.4) is 0 Å². The molecule has 0 spiro atoms. The van der Waals surface area contributed by atoms with Crippen LogP contribution >= 0.6 is 0 Å². The first-order valence-electron chi connectivity index (χ1n) is 5.59. The van der Waals surface area contributed by atoms with Crippen LogP contribution in [0.1, 0.15) is 11.1 Å². The number of nitro benzene ring substituents is 1. The number of nitrogens with zero attached hydrogens (tertiary/aromatic N) is 2. The number of rotatable bonds is 4. The van der Waals surface area contributed by atoms with Crippen LogP contribution in [0.15, 0.2) is 36.5 Å². The van der Waals surface area contributed by atoms with Crippen LogP contribution in [-0.2, 0) is 6.61 Å². The first kappa shape index (κ1) is 13.0. The number of hydrogen-bond donors (Lipinski definition) is 1. The molecule has 0 saturated carbocycles. The van der Waals surface area contributed by atoms with Gasteiger partial charge in [0.25, 0.3) is 0 Å². The lowest BCUT2D eigenvalue weighted by Crippen LogP contribution is -1.97. The molecule has 6 heteroatoms. The van der Waals surface area contributed by atoms with Crippen molar-refractivity contribution in [3.63, 3.8) is 0 Å². The number of pyridine rings is 1. The second-order valence-corrected chi connectivity index (χ2v) is 3.94. The maximum absolute atomic E-state index is 11.0. The highest BCUT2D eigenvalue weighted by Gasteiger charge is 2.18. The molecular weight excluding hydrogens is 248 g/mol. The Morgan fingerprint density at radius 1 is 1.37 bits per heavy atom. The molecule has 0 atom stereocenters. The summed E-state index contributed by atoms with van der Waals surface area (Å²) in [4.78, 5) is 14.5. The number of hydrogen-bond acceptors (Lipinski definition) is 5. The molecule has 0 bridgehead atoms. The Hall–Kier alpha value is -2.47. The number of ether oxygens (including phenoxy) is 1. The second-order valence-electron chi connectivity index (χ2n) is 3.94. The van der Waals surface area contributed by atoms with E-state index in [9.17, 15) is 10.1 Å². The molecule has 0 saturated heterocycles. The fourth-order valence-electron chi connectivity index (χ4n) is 1.63. The molecule has 0 radical (unpaired) electrons. The van der Waals surface area contributed by atoms with Crippen molar-refractivity contribution in [3.05, 3.63) is 57.8 Å². The van der Waals surface area contributed by atoms with Gasteiger partial charge in [-0.15, -0.1) is 0 Å². The highest BCUT2D eigenvalue weighted by atomic mass is 16.6. The first-order chi connectivity index (χ1) is 9.11. The van der Waals surface area contributed by atoms with E-state index in [-0.39, 0.29) is 23.9 Å². The van der Waals surface area contributed by atoms with E-state index < -0.39 is 4.92 Å². The van der Waals surface area contributed by atoms with Gasteiger partial charge < -0.3 is 9.84 Å². The van der Waals surface area contributed by atoms with Gasteiger partial charge in [-0.2, -0.15) is 0 Å². The zero-order valence-corrected chi connectivity index (χ0v) is 10.2. The Labute approximate surface area is 109 Å². The van der Waals surface area contributed by atoms with Crippen molar-refractivity contribution in [2.24, 2.45) is 0 Å². The van der Waals surface area contributed by atoms with Crippen molar-refractivity contribution in [1.29, 1.82) is 0 Å². The summed E-state index contributed by atoms with van der Waals surface area (Å²) >= 11 is 0. The minimum absolute atomic E-state index is 0.0736. The van der Waals surface area contributed by atoms with Crippen LogP contribution < -0.4 is 4.74 Å². The normalized spacial score (nSPS) is 10.2. The van der Waals surface area contributed by atoms with Gasteiger partial charge in [0.1, 0.15) is 0 Å². The summed E-state index contributed by atoms with van der Waals surface area (Å²) in [5, 5.41) is 19.9. The zero-order valence-electron chi connectivity index (χ0n) is 10.2. The van der Waals surface area contributed by atoms with E-state index in [1.165, 1.54) is 12.3 Å². The van der Waals surface area contributed by atoms with Crippen LogP contribution in [0.5, 0.6) is 11.6 Å². The van der Waals surface area contributed by atoms with Gasteiger partial charge in [0, 0.05) is 17.8 Å². The third-order valence-corrected chi connectivity index (χ3v) is 2.58. The summed E-state index contributed by atoms with van der Waals surface area (Å²) in [6.07, 6.45) is 1.46. The van der Waals surface area contributed by atoms with Crippen molar-refractivity contribution in [3.8, 4) is 11.6 Å². The average molecular weight is 260 g/mol. The van der Waals surface area contributed by atoms with E-state index in [1.54, 1.807) is 31.2 Å². The van der Waals surface area contributed by atoms with Crippen molar-refractivity contribution in [1.82, 2.24) is 4.98 Å². The molecule has 1 heterocycles. The summed E-state index contributed by atoms with van der Waals surface area (Å²) in [6, 6.07) is 8.04. The number of para-hydroxylation sites is 1. The van der Waals surface area contributed by atoms with E-state index in [1.807, 2.05) is 0 Å². The molecule has 19 heavy (non-hydrogen) atoms. The number of aliphatic hydroxyl groups excluding tert-OH is 1. The standard InChI is InChI=1S/C13H12N2O4/c1-9-3-2-4-11(13(9)15(17)18)19-12-6-5-10(8-16)7-14-12/h2-7,16H,8H2,1H3. The summed E-state index contributed by atoms with van der Waals surface area (Å²) in [5.74, 6) is 0.389. The predicted octanol–water partition coefficient (Wildman–Crippen LogP) is 2.58. The van der Waals surface area contributed by atoms with Crippen LogP contribution in [-0.4, -0.2) is 15.0 Å². The van der Waals surface area contributed by atoms with E-state index in [4.69, 9.17) is 9.84 Å². The molecule has 0 fully saturated rings. The molecular formula is C13H12N2O4. The Bertz CT molecular complexity index is 596. The topological polar surface area (TPSA) is 85.5 Å². The summed E-state index contributed by atoms with van der Waals surface area (Å²) in [7, 11) is 0. The van der Waals surface area contributed by atoms with Crippen molar-refractivity contribution < 1.29 is 14.8 Å². The monoisotopic (exact) mass is 260 g/mol. The van der Waals surface area contributed by atoms with Gasteiger partial charge in [-0.05, 0) is 24.6 Å². The van der Waals surface area contributed by atoms with Gasteiger partial charge in [0.2, 0.25) is 11.6 Å². The molecule has 1 aromatic carbocycles. The minimum Gasteiger partial charge on any atom is -0.432 e. The Kier molecular flexibility index (Phi) is 3.72. The lowest BCUT2D eigenvalue weighted by molar-refractivity contribution is -0.386. The van der Waals surface area contributed by atoms with Crippen LogP contribution in [0, 0.1) is 17.0 Å². The maximum atomic E-state index is 11.0. The van der Waals surface area contributed by atoms with Crippen LogP contribution in [0.2, 0.25) is 0 Å². The number of aromatic nitrogens is 1. The molecule has 1 N–H and O–H groups in total. The quantitative estimate of drug-likeness (QED) is 0.674. The van der Waals surface area contributed by atoms with Crippen LogP contribution in [0.4, 0.5) is 5.69 Å². The lowest BCUT2D eigenvalue weighted by atomic mass is 10.2. The number of aliphatic hydroxyl groups is 1. The predicted molar refractivity (Wildman–Crippen MR) is 68.1 cm³/mol. The molecule has 0 aliphatic rings. The molecule has 0 aliphatic carbocycles. The smallest absolute Gasteiger partial charge is 0.314 e. The molecule has 2 aromatic rings. The van der Waals surface area contributed by atoms with E-state index in [0.29, 0.717) is 11.1 Å². The van der Waals surface area contributed by atoms with Gasteiger partial charge in [-0.3, -0.25) is 10.1 Å².